The molecule has 8 N–H and O–H groups in total. The van der Waals surface area contributed by atoms with Crippen LogP contribution in [0.2, 0.25) is 0 Å². The van der Waals surface area contributed by atoms with Crippen LogP contribution in [0.25, 0.3) is 0 Å². The van der Waals surface area contributed by atoms with Crippen LogP contribution in [0, 0.1) is 0 Å². The Morgan fingerprint density at radius 3 is 1.69 bits per heavy atom. The summed E-state index contributed by atoms with van der Waals surface area (Å²) in [6, 6.07) is 0. The molecule has 0 aromatic carbocycles. The van der Waals surface area contributed by atoms with Crippen molar-refractivity contribution in [3.05, 3.63) is 0 Å². The maximum absolute atomic E-state index is 9.76. The fourth-order valence-electron chi connectivity index (χ4n) is 0.352. The van der Waals surface area contributed by atoms with Gasteiger partial charge in [0.05, 0.1) is 21.1 Å². The lowest BCUT2D eigenvalue weighted by Crippen LogP contribution is -2.37. The Balaban J connectivity index is -0.0000000533. The minimum atomic E-state index is -0.217. The minimum Gasteiger partial charge on any atom is -0.412 e. The van der Waals surface area contributed by atoms with Crippen LogP contribution in [0.15, 0.2) is 0 Å². The molecule has 13 heavy (non-hydrogen) atoms. The number of nitrogens with zero attached hydrogens (tertiary/aromatic N) is 1. The molecule has 0 spiro atoms. The van der Waals surface area contributed by atoms with Crippen molar-refractivity contribution in [3.63, 3.8) is 0 Å². The lowest BCUT2D eigenvalue weighted by atomic mass is 10.5. The second-order valence-corrected chi connectivity index (χ2v) is 3.33. The quantitative estimate of drug-likeness (QED) is 0.296. The van der Waals surface area contributed by atoms with Crippen molar-refractivity contribution < 1.29 is 35.5 Å². The summed E-state index contributed by atoms with van der Waals surface area (Å²) in [4.78, 5) is 0. The van der Waals surface area contributed by atoms with Gasteiger partial charge < -0.3 is 26.4 Å². The third kappa shape index (κ3) is 33.6. The van der Waals surface area contributed by atoms with Crippen molar-refractivity contribution in [3.8, 4) is 0 Å². The normalized spacial score (nSPS) is 8.54. The van der Waals surface area contributed by atoms with Gasteiger partial charge in [-0.2, -0.15) is 0 Å². The monoisotopic (exact) mass is 222 g/mol. The summed E-state index contributed by atoms with van der Waals surface area (Å²) in [5.74, 6) is 0. The largest absolute Gasteiger partial charge is 0.412 e. The van der Waals surface area contributed by atoms with Gasteiger partial charge in [-0.1, -0.05) is 0 Å². The van der Waals surface area contributed by atoms with E-state index in [-0.39, 0.29) is 30.6 Å². The molecule has 7 nitrogen and oxygen atoms in total. The van der Waals surface area contributed by atoms with E-state index in [9.17, 15) is 4.57 Å². The molecule has 0 aliphatic rings. The van der Waals surface area contributed by atoms with Crippen LogP contribution in [0.5, 0.6) is 0 Å². The number of hydrogen-bond acceptors (Lipinski definition) is 2. The van der Waals surface area contributed by atoms with Crippen molar-refractivity contribution in [1.29, 1.82) is 0 Å². The molecule has 0 unspecified atom stereocenters. The Morgan fingerprint density at radius 1 is 1.08 bits per heavy atom. The molecule has 0 aliphatic heterocycles. The Hall–Kier alpha value is -0.140. The molecule has 8 heteroatoms. The highest BCUT2D eigenvalue weighted by Gasteiger charge is 2.04. The Labute approximate surface area is 79.4 Å². The van der Waals surface area contributed by atoms with E-state index in [1.807, 2.05) is 0 Å². The van der Waals surface area contributed by atoms with Gasteiger partial charge in [-0.05, 0) is 0 Å². The Morgan fingerprint density at radius 2 is 1.46 bits per heavy atom. The lowest BCUT2D eigenvalue weighted by Gasteiger charge is -2.22. The van der Waals surface area contributed by atoms with Crippen LogP contribution >= 0.6 is 8.69 Å². The smallest absolute Gasteiger partial charge is 0.327 e. The molecule has 0 saturated carbocycles. The maximum atomic E-state index is 9.76. The van der Waals surface area contributed by atoms with Crippen LogP contribution in [-0.4, -0.2) is 60.7 Å². The standard InChI is InChI=1S/C5H13NO2P.4H2O/c1-6(2,3)4-5-8-9-7;;;;/h4-5H2,1-3H3;4*1H2/q+1;;;;. The molecule has 0 fully saturated rings. The maximum Gasteiger partial charge on any atom is 0.327 e. The van der Waals surface area contributed by atoms with E-state index in [4.69, 9.17) is 0 Å². The zero-order chi connectivity index (χ0) is 7.33. The molecule has 0 aromatic heterocycles. The van der Waals surface area contributed by atoms with Crippen molar-refractivity contribution in [2.45, 2.75) is 0 Å². The second kappa shape index (κ2) is 14.4. The topological polar surface area (TPSA) is 152 Å². The molecule has 0 atom stereocenters. The molecule has 0 amide bonds. The van der Waals surface area contributed by atoms with Gasteiger partial charge in [0.15, 0.2) is 0 Å². The lowest BCUT2D eigenvalue weighted by molar-refractivity contribution is -0.870. The van der Waals surface area contributed by atoms with E-state index in [1.165, 1.54) is 0 Å². The van der Waals surface area contributed by atoms with Crippen LogP contribution in [0.4, 0.5) is 0 Å². The highest BCUT2D eigenvalue weighted by molar-refractivity contribution is 7.17. The van der Waals surface area contributed by atoms with Crippen molar-refractivity contribution >= 4 is 8.69 Å². The summed E-state index contributed by atoms with van der Waals surface area (Å²) >= 11 is 0. The van der Waals surface area contributed by atoms with E-state index < -0.39 is 0 Å². The van der Waals surface area contributed by atoms with E-state index >= 15 is 0 Å². The predicted octanol–water partition coefficient (Wildman–Crippen LogP) is -2.38. The van der Waals surface area contributed by atoms with Crippen molar-refractivity contribution in [1.82, 2.24) is 0 Å². The molecule has 0 radical (unpaired) electrons. The molecule has 0 saturated heterocycles. The predicted molar refractivity (Wildman–Crippen MR) is 50.9 cm³/mol. The molecule has 86 valence electrons. The van der Waals surface area contributed by atoms with Gasteiger partial charge in [-0.25, -0.2) is 4.57 Å². The highest BCUT2D eigenvalue weighted by Crippen LogP contribution is 1.96. The zero-order valence-corrected chi connectivity index (χ0v) is 9.02. The second-order valence-electron chi connectivity index (χ2n) is 2.92. The first-order valence-electron chi connectivity index (χ1n) is 2.81. The van der Waals surface area contributed by atoms with Gasteiger partial charge in [0.2, 0.25) is 0 Å². The summed E-state index contributed by atoms with van der Waals surface area (Å²) in [6.45, 7) is 1.43. The zero-order valence-electron chi connectivity index (χ0n) is 8.13. The van der Waals surface area contributed by atoms with E-state index in [0.29, 0.717) is 6.61 Å². The third-order valence-electron chi connectivity index (χ3n) is 0.906. The summed E-state index contributed by atoms with van der Waals surface area (Å²) in [6.07, 6.45) is 0. The highest BCUT2D eigenvalue weighted by atomic mass is 31.1. The summed E-state index contributed by atoms with van der Waals surface area (Å²) in [7, 11) is 5.96. The summed E-state index contributed by atoms with van der Waals surface area (Å²) in [5, 5.41) is 0. The fraction of sp³-hybridized carbons (Fsp3) is 1.00. The first kappa shape index (κ1) is 29.3. The average Bonchev–Trinajstić information content (AvgIpc) is 1.63. The molecule has 0 heterocycles. The summed E-state index contributed by atoms with van der Waals surface area (Å²) < 4.78 is 15.2. The van der Waals surface area contributed by atoms with Crippen LogP contribution in [0.1, 0.15) is 0 Å². The van der Waals surface area contributed by atoms with Crippen LogP contribution in [-0.2, 0) is 9.09 Å². The molecule has 0 rings (SSSR count). The minimum absolute atomic E-state index is 0. The average molecular weight is 222 g/mol. The summed E-state index contributed by atoms with van der Waals surface area (Å²) in [5.41, 5.74) is 0. The molecule has 0 bridgehead atoms. The Bertz CT molecular complexity index is 95.5. The van der Waals surface area contributed by atoms with E-state index in [2.05, 4.69) is 25.7 Å². The van der Waals surface area contributed by atoms with Gasteiger partial charge in [0, 0.05) is 0 Å². The number of hydrogen-bond donors (Lipinski definition) is 0. The van der Waals surface area contributed by atoms with Crippen molar-refractivity contribution in [2.24, 2.45) is 0 Å². The van der Waals surface area contributed by atoms with Gasteiger partial charge in [0.1, 0.15) is 13.2 Å². The molecular weight excluding hydrogens is 201 g/mol. The van der Waals surface area contributed by atoms with Crippen LogP contribution in [0.3, 0.4) is 0 Å². The van der Waals surface area contributed by atoms with Crippen LogP contribution < -0.4 is 0 Å². The molecular formula is C5H21NO6P+. The fourth-order valence-corrected chi connectivity index (χ4v) is 0.508. The van der Waals surface area contributed by atoms with Gasteiger partial charge in [-0.3, -0.25) is 4.52 Å². The number of quaternary nitrogens is 1. The van der Waals surface area contributed by atoms with Gasteiger partial charge in [0.25, 0.3) is 0 Å². The number of rotatable bonds is 4. The van der Waals surface area contributed by atoms with E-state index in [1.54, 1.807) is 0 Å². The first-order chi connectivity index (χ1) is 4.06. The molecule has 0 aliphatic carbocycles. The Kier molecular flexibility index (Phi) is 32.4. The SMILES string of the molecule is C[N+](C)(C)CCOP=O.O.O.O.O. The van der Waals surface area contributed by atoms with Crippen molar-refractivity contribution in [2.75, 3.05) is 34.3 Å². The third-order valence-corrected chi connectivity index (χ3v) is 1.19. The number of likely N-dealkylation sites (N-methyl/N-ethyl adjacent to an activating group) is 1. The van der Waals surface area contributed by atoms with Gasteiger partial charge >= 0.3 is 8.69 Å². The van der Waals surface area contributed by atoms with E-state index in [0.717, 1.165) is 11.0 Å². The van der Waals surface area contributed by atoms with Gasteiger partial charge in [-0.15, -0.1) is 0 Å². The molecule has 0 aromatic rings. The first-order valence-corrected chi connectivity index (χ1v) is 3.54.